The zero-order chi connectivity index (χ0) is 45.4. The van der Waals surface area contributed by atoms with Crippen molar-refractivity contribution in [1.29, 1.82) is 0 Å². The van der Waals surface area contributed by atoms with Gasteiger partial charge in [0, 0.05) is 51.2 Å². The highest BCUT2D eigenvalue weighted by atomic mass is 16.5. The lowest BCUT2D eigenvalue weighted by Crippen LogP contribution is -2.33. The van der Waals surface area contributed by atoms with Crippen molar-refractivity contribution < 1.29 is 33.4 Å². The minimum Gasteiger partial charge on any atom is -0.466 e. The lowest BCUT2D eigenvalue weighted by Gasteiger charge is -2.21. The van der Waals surface area contributed by atoms with E-state index in [1.165, 1.54) is 12.2 Å². The molecular formula is C52H87N3O7. The Kier molecular flexibility index (Phi) is 43.5. The molecule has 0 aliphatic carbocycles. The lowest BCUT2D eigenvalue weighted by atomic mass is 10.1. The molecule has 0 saturated heterocycles. The van der Waals surface area contributed by atoms with Gasteiger partial charge in [-0.25, -0.2) is 0 Å². The quantitative estimate of drug-likeness (QED) is 0.0279. The van der Waals surface area contributed by atoms with E-state index >= 15 is 0 Å². The summed E-state index contributed by atoms with van der Waals surface area (Å²) in [5.41, 5.74) is 0. The second-order valence-corrected chi connectivity index (χ2v) is 15.7. The number of esters is 2. The van der Waals surface area contributed by atoms with Crippen molar-refractivity contribution in [2.45, 2.75) is 155 Å². The lowest BCUT2D eigenvalue weighted by molar-refractivity contribution is -0.144. The Balaban J connectivity index is 4.46. The Labute approximate surface area is 378 Å². The molecular weight excluding hydrogens is 779 g/mol. The molecule has 352 valence electrons. The van der Waals surface area contributed by atoms with Crippen LogP contribution in [0.25, 0.3) is 0 Å². The van der Waals surface area contributed by atoms with Crippen LogP contribution in [0.1, 0.15) is 155 Å². The number of ether oxygens (including phenoxy) is 3. The third kappa shape index (κ3) is 44.0. The molecule has 1 N–H and O–H groups in total. The van der Waals surface area contributed by atoms with Gasteiger partial charge in [0.2, 0.25) is 11.8 Å². The maximum atomic E-state index is 13.1. The molecule has 0 aromatic carbocycles. The summed E-state index contributed by atoms with van der Waals surface area (Å²) >= 11 is 0. The fraction of sp³-hybridized carbons (Fsp3) is 0.654. The highest BCUT2D eigenvalue weighted by molar-refractivity contribution is 5.96. The smallest absolute Gasteiger partial charge is 0.305 e. The number of nitrogens with one attached hydrogen (secondary N) is 1. The van der Waals surface area contributed by atoms with Gasteiger partial charge in [-0.1, -0.05) is 125 Å². The molecule has 0 aromatic rings. The standard InChI is InChI=1S/C52H87N3O7/c1-5-7-9-11-13-15-17-19-21-23-25-27-29-31-33-37-51(58)61-45-35-42-55(50(57)40-39-49(56)53-41-47-60-48-44-54(3)4)43-36-46-62-52(59)38-34-32-30-28-26-24-22-20-18-16-14-12-10-8-6-2/h7-10,13-16,19-22,39-40H,5-6,11-12,17-18,23-38,41-48H2,1-4H3,(H,53,56)/b9-7-,10-8-,15-13-,16-14-,21-19-,22-20-,40-39-. The zero-order valence-electron chi connectivity index (χ0n) is 39.5. The van der Waals surface area contributed by atoms with Gasteiger partial charge in [0.1, 0.15) is 0 Å². The third-order valence-corrected chi connectivity index (χ3v) is 9.65. The molecule has 0 aromatic heterocycles. The first-order valence-electron chi connectivity index (χ1n) is 24.0. The third-order valence-electron chi connectivity index (χ3n) is 9.65. The van der Waals surface area contributed by atoms with E-state index in [2.05, 4.69) is 92.1 Å². The maximum absolute atomic E-state index is 13.1. The number of hydrogen-bond acceptors (Lipinski definition) is 8. The Morgan fingerprint density at radius 3 is 1.37 bits per heavy atom. The van der Waals surface area contributed by atoms with Crippen LogP contribution >= 0.6 is 0 Å². The Hall–Kier alpha value is -4.02. The zero-order valence-corrected chi connectivity index (χ0v) is 39.5. The van der Waals surface area contributed by atoms with E-state index in [0.717, 1.165) is 122 Å². The van der Waals surface area contributed by atoms with Crippen LogP contribution < -0.4 is 5.32 Å². The monoisotopic (exact) mass is 866 g/mol. The normalized spacial score (nSPS) is 12.2. The molecule has 62 heavy (non-hydrogen) atoms. The van der Waals surface area contributed by atoms with Gasteiger partial charge < -0.3 is 29.3 Å². The molecule has 0 heterocycles. The summed E-state index contributed by atoms with van der Waals surface area (Å²) in [5.74, 6) is -1.15. The summed E-state index contributed by atoms with van der Waals surface area (Å²) in [4.78, 5) is 53.8. The SMILES string of the molecule is CC/C=C\C/C=C\C/C=C\CCCCCCCC(=O)OCCCN(CCCOC(=O)CCCCCCC/C=C\C/C=C\C/C=C\CC)C(=O)/C=C\C(=O)NCCOCCN(C)C. The molecule has 0 spiro atoms. The number of amides is 2. The van der Waals surface area contributed by atoms with Gasteiger partial charge in [-0.2, -0.15) is 0 Å². The molecule has 0 aliphatic heterocycles. The van der Waals surface area contributed by atoms with E-state index in [4.69, 9.17) is 14.2 Å². The average Bonchev–Trinajstić information content (AvgIpc) is 3.25. The first-order valence-corrected chi connectivity index (χ1v) is 24.0. The van der Waals surface area contributed by atoms with Gasteiger partial charge in [0.15, 0.2) is 0 Å². The minimum absolute atomic E-state index is 0.207. The number of carbonyl (C=O) groups is 4. The van der Waals surface area contributed by atoms with Crippen LogP contribution in [0.5, 0.6) is 0 Å². The summed E-state index contributed by atoms with van der Waals surface area (Å²) in [6.45, 7) is 7.47. The Morgan fingerprint density at radius 1 is 0.468 bits per heavy atom. The summed E-state index contributed by atoms with van der Waals surface area (Å²) in [6.07, 6.45) is 49.5. The minimum atomic E-state index is -0.379. The number of nitrogens with zero attached hydrogens (tertiary/aromatic N) is 2. The Morgan fingerprint density at radius 2 is 0.903 bits per heavy atom. The first kappa shape index (κ1) is 58.0. The number of rotatable bonds is 42. The van der Waals surface area contributed by atoms with Crippen LogP contribution in [0.3, 0.4) is 0 Å². The van der Waals surface area contributed by atoms with Gasteiger partial charge in [-0.3, -0.25) is 19.2 Å². The summed E-state index contributed by atoms with van der Waals surface area (Å²) in [5, 5.41) is 2.73. The second-order valence-electron chi connectivity index (χ2n) is 15.7. The number of hydrogen-bond donors (Lipinski definition) is 1. The molecule has 0 bridgehead atoms. The summed E-state index contributed by atoms with van der Waals surface area (Å²) in [7, 11) is 3.93. The van der Waals surface area contributed by atoms with Crippen LogP contribution in [0.15, 0.2) is 85.1 Å². The van der Waals surface area contributed by atoms with Crippen molar-refractivity contribution in [3.05, 3.63) is 85.1 Å². The molecule has 0 saturated carbocycles. The van der Waals surface area contributed by atoms with Crippen molar-refractivity contribution >= 4 is 23.8 Å². The molecule has 2 amide bonds. The topological polar surface area (TPSA) is 114 Å². The van der Waals surface area contributed by atoms with Crippen molar-refractivity contribution in [2.24, 2.45) is 0 Å². The van der Waals surface area contributed by atoms with Gasteiger partial charge in [-0.15, -0.1) is 0 Å². The predicted octanol–water partition coefficient (Wildman–Crippen LogP) is 11.1. The molecule has 0 rings (SSSR count). The predicted molar refractivity (Wildman–Crippen MR) is 258 cm³/mol. The first-order chi connectivity index (χ1) is 30.3. The molecule has 10 heteroatoms. The van der Waals surface area contributed by atoms with E-state index in [-0.39, 0.29) is 37.0 Å². The van der Waals surface area contributed by atoms with Crippen LogP contribution in [-0.4, -0.2) is 100 Å². The van der Waals surface area contributed by atoms with Gasteiger partial charge in [0.25, 0.3) is 0 Å². The van der Waals surface area contributed by atoms with Crippen LogP contribution in [-0.2, 0) is 33.4 Å². The van der Waals surface area contributed by atoms with Gasteiger partial charge in [0.05, 0.1) is 26.4 Å². The second kappa shape index (κ2) is 46.5. The number of carbonyl (C=O) groups excluding carboxylic acids is 4. The van der Waals surface area contributed by atoms with E-state index in [1.807, 2.05) is 19.0 Å². The molecule has 0 fully saturated rings. The van der Waals surface area contributed by atoms with Gasteiger partial charge in [-0.05, 0) is 104 Å². The fourth-order valence-corrected chi connectivity index (χ4v) is 6.04. The van der Waals surface area contributed by atoms with Crippen molar-refractivity contribution in [3.63, 3.8) is 0 Å². The maximum Gasteiger partial charge on any atom is 0.305 e. The fourth-order valence-electron chi connectivity index (χ4n) is 6.04. The number of likely N-dealkylation sites (N-methyl/N-ethyl adjacent to an activating group) is 1. The van der Waals surface area contributed by atoms with E-state index in [1.54, 1.807) is 4.90 Å². The van der Waals surface area contributed by atoms with E-state index in [9.17, 15) is 19.2 Å². The summed E-state index contributed by atoms with van der Waals surface area (Å²) in [6, 6.07) is 0. The van der Waals surface area contributed by atoms with Crippen LogP contribution in [0.2, 0.25) is 0 Å². The Bertz CT molecular complexity index is 1240. The molecule has 0 atom stereocenters. The van der Waals surface area contributed by atoms with E-state index < -0.39 is 0 Å². The molecule has 0 unspecified atom stereocenters. The van der Waals surface area contributed by atoms with Crippen LogP contribution in [0, 0.1) is 0 Å². The van der Waals surface area contributed by atoms with Crippen molar-refractivity contribution in [3.8, 4) is 0 Å². The average molecular weight is 866 g/mol. The summed E-state index contributed by atoms with van der Waals surface area (Å²) < 4.78 is 16.4. The van der Waals surface area contributed by atoms with Crippen molar-refractivity contribution in [2.75, 3.05) is 66.7 Å². The number of unbranched alkanes of at least 4 members (excludes halogenated alkanes) is 10. The largest absolute Gasteiger partial charge is 0.466 e. The van der Waals surface area contributed by atoms with Crippen molar-refractivity contribution in [1.82, 2.24) is 15.1 Å². The highest BCUT2D eigenvalue weighted by Crippen LogP contribution is 2.11. The van der Waals surface area contributed by atoms with Crippen LogP contribution in [0.4, 0.5) is 0 Å². The molecule has 0 aliphatic rings. The molecule has 0 radical (unpaired) electrons. The molecule has 10 nitrogen and oxygen atoms in total. The van der Waals surface area contributed by atoms with E-state index in [0.29, 0.717) is 58.5 Å². The van der Waals surface area contributed by atoms with Gasteiger partial charge >= 0.3 is 11.9 Å². The highest BCUT2D eigenvalue weighted by Gasteiger charge is 2.13. The number of allylic oxidation sites excluding steroid dienone is 12.